The Bertz CT molecular complexity index is 1330. The Morgan fingerprint density at radius 3 is 2.50 bits per heavy atom. The number of rotatable bonds is 6. The summed E-state index contributed by atoms with van der Waals surface area (Å²) in [6.45, 7) is 0.695. The van der Waals surface area contributed by atoms with Gasteiger partial charge in [-0.25, -0.2) is 9.48 Å². The maximum Gasteiger partial charge on any atom is 0.417 e. The molecule has 14 heteroatoms. The van der Waals surface area contributed by atoms with Gasteiger partial charge in [-0.05, 0) is 49.4 Å². The summed E-state index contributed by atoms with van der Waals surface area (Å²) in [5.41, 5.74) is 1.77. The number of aromatic nitrogens is 2. The number of benzene rings is 2. The molecule has 2 heterocycles. The van der Waals surface area contributed by atoms with Gasteiger partial charge in [0, 0.05) is 17.6 Å². The first-order valence-electron chi connectivity index (χ1n) is 11.0. The number of hydrogen-bond acceptors (Lipinski definition) is 8. The molecular formula is C24H22ClF2N5O6. The van der Waals surface area contributed by atoms with Gasteiger partial charge in [0.25, 0.3) is 0 Å². The predicted molar refractivity (Wildman–Crippen MR) is 131 cm³/mol. The van der Waals surface area contributed by atoms with Gasteiger partial charge in [0.15, 0.2) is 0 Å². The second kappa shape index (κ2) is 12.7. The molecule has 200 valence electrons. The molecule has 0 spiro atoms. The topological polar surface area (TPSA) is 132 Å². The molecule has 11 nitrogen and oxygen atoms in total. The summed E-state index contributed by atoms with van der Waals surface area (Å²) < 4.78 is 38.4. The van der Waals surface area contributed by atoms with E-state index in [1.165, 1.54) is 13.1 Å². The second-order valence-corrected chi connectivity index (χ2v) is 8.32. The Morgan fingerprint density at radius 1 is 1.21 bits per heavy atom. The Balaban J connectivity index is 0.00000127. The van der Waals surface area contributed by atoms with Crippen molar-refractivity contribution in [2.75, 3.05) is 23.3 Å². The van der Waals surface area contributed by atoms with Gasteiger partial charge in [0.2, 0.25) is 5.91 Å². The number of carbonyl (C=O) groups excluding carboxylic acids is 4. The second-order valence-electron chi connectivity index (χ2n) is 7.88. The minimum absolute atomic E-state index is 0.216. The van der Waals surface area contributed by atoms with Crippen molar-refractivity contribution in [1.82, 2.24) is 15.1 Å². The number of hydrogen-bond donors (Lipinski definition) is 2. The number of amides is 2. The number of nitrogens with one attached hydrogen (secondary N) is 2. The van der Waals surface area contributed by atoms with E-state index < -0.39 is 18.7 Å². The van der Waals surface area contributed by atoms with Crippen molar-refractivity contribution in [3.8, 4) is 11.5 Å². The molecule has 0 saturated heterocycles. The van der Waals surface area contributed by atoms with Gasteiger partial charge in [-0.2, -0.15) is 23.5 Å². The number of ether oxygens (including phenoxy) is 2. The lowest BCUT2D eigenvalue weighted by molar-refractivity contribution is -0.191. The minimum Gasteiger partial charge on any atom is -0.485 e. The van der Waals surface area contributed by atoms with Crippen LogP contribution in [0.2, 0.25) is 5.02 Å². The number of alkyl halides is 2. The third-order valence-corrected chi connectivity index (χ3v) is 5.41. The van der Waals surface area contributed by atoms with Crippen molar-refractivity contribution in [3.05, 3.63) is 59.4 Å². The monoisotopic (exact) mass is 549 g/mol. The summed E-state index contributed by atoms with van der Waals surface area (Å²) in [7, 11) is 0. The molecule has 1 atom stereocenters. The Kier molecular flexibility index (Phi) is 9.36. The fraction of sp³-hybridized carbons (Fsp3) is 0.250. The van der Waals surface area contributed by atoms with Gasteiger partial charge in [0.05, 0.1) is 36.4 Å². The number of carbonyl (C=O) groups is 2. The summed E-state index contributed by atoms with van der Waals surface area (Å²) in [5, 5.41) is 9.76. The minimum atomic E-state index is -2.80. The summed E-state index contributed by atoms with van der Waals surface area (Å²) in [4.78, 5) is 41.8. The Labute approximate surface area is 220 Å². The van der Waals surface area contributed by atoms with Crippen molar-refractivity contribution in [3.63, 3.8) is 0 Å². The highest BCUT2D eigenvalue weighted by molar-refractivity contribution is 6.30. The van der Waals surface area contributed by atoms with Crippen LogP contribution in [0.5, 0.6) is 11.5 Å². The molecule has 2 amide bonds. The highest BCUT2D eigenvalue weighted by atomic mass is 35.5. The molecule has 1 aliphatic heterocycles. The number of nitrogens with zero attached hydrogens (tertiary/aromatic N) is 3. The zero-order valence-corrected chi connectivity index (χ0v) is 20.9. The lowest BCUT2D eigenvalue weighted by Gasteiger charge is -2.36. The van der Waals surface area contributed by atoms with Crippen LogP contribution in [-0.4, -0.2) is 47.1 Å². The molecule has 38 heavy (non-hydrogen) atoms. The first kappa shape index (κ1) is 28.1. The van der Waals surface area contributed by atoms with E-state index in [0.29, 0.717) is 44.0 Å². The SMILES string of the molecule is CC(=O)NC[C@H]1CN(c2cn(C(F)F)nc2C)c2cc(NC(=O)Oc3ccc(Cl)cc3)ccc2O1.O=C=O. The smallest absolute Gasteiger partial charge is 0.417 e. The van der Waals surface area contributed by atoms with Gasteiger partial charge in [-0.15, -0.1) is 0 Å². The van der Waals surface area contributed by atoms with Crippen LogP contribution < -0.4 is 25.0 Å². The van der Waals surface area contributed by atoms with E-state index in [9.17, 15) is 18.4 Å². The lowest BCUT2D eigenvalue weighted by atomic mass is 10.1. The lowest BCUT2D eigenvalue weighted by Crippen LogP contribution is -2.44. The van der Waals surface area contributed by atoms with Crippen molar-refractivity contribution < 1.29 is 37.4 Å². The van der Waals surface area contributed by atoms with Crippen LogP contribution in [-0.2, 0) is 14.4 Å². The maximum atomic E-state index is 13.3. The standard InChI is InChI=1S/C23H22ClF2N5O4.CO2/c1-13-20(12-31(29-13)22(25)26)30-11-18(10-27-14(2)32)34-21-8-5-16(9-19(21)30)28-23(33)35-17-6-3-15(24)4-7-17;2-1-3/h3-9,12,18,22H,10-11H2,1-2H3,(H,27,32)(H,28,33);/t18-;/m0./s1. The summed E-state index contributed by atoms with van der Waals surface area (Å²) in [6, 6.07) is 11.2. The quantitative estimate of drug-likeness (QED) is 0.465. The first-order valence-corrected chi connectivity index (χ1v) is 11.4. The van der Waals surface area contributed by atoms with Crippen LogP contribution in [0.3, 0.4) is 0 Å². The number of anilines is 3. The largest absolute Gasteiger partial charge is 0.485 e. The van der Waals surface area contributed by atoms with E-state index in [2.05, 4.69) is 15.7 Å². The van der Waals surface area contributed by atoms with Crippen LogP contribution in [0.25, 0.3) is 0 Å². The summed E-state index contributed by atoms with van der Waals surface area (Å²) in [5.74, 6) is 0.546. The molecule has 0 unspecified atom stereocenters. The highest BCUT2D eigenvalue weighted by Crippen LogP contribution is 2.41. The van der Waals surface area contributed by atoms with E-state index >= 15 is 0 Å². The number of fused-ring (bicyclic) bond motifs is 1. The number of halogens is 3. The van der Waals surface area contributed by atoms with Crippen LogP contribution in [0.15, 0.2) is 48.7 Å². The molecule has 0 aliphatic carbocycles. The molecule has 1 aromatic heterocycles. The molecule has 0 fully saturated rings. The average Bonchev–Trinajstić information content (AvgIpc) is 3.26. The van der Waals surface area contributed by atoms with Crippen LogP contribution in [0.1, 0.15) is 19.2 Å². The van der Waals surface area contributed by atoms with Crippen LogP contribution >= 0.6 is 11.6 Å². The summed E-state index contributed by atoms with van der Waals surface area (Å²) in [6.07, 6.45) is 0.328. The molecule has 3 aromatic rings. The van der Waals surface area contributed by atoms with Gasteiger partial charge in [0.1, 0.15) is 17.6 Å². The molecule has 4 rings (SSSR count). The fourth-order valence-electron chi connectivity index (χ4n) is 3.61. The van der Waals surface area contributed by atoms with Crippen molar-refractivity contribution in [2.24, 2.45) is 0 Å². The third kappa shape index (κ3) is 7.28. The van der Waals surface area contributed by atoms with E-state index in [1.807, 2.05) is 0 Å². The summed E-state index contributed by atoms with van der Waals surface area (Å²) >= 11 is 5.84. The van der Waals surface area contributed by atoms with Gasteiger partial charge in [-0.3, -0.25) is 10.1 Å². The first-order chi connectivity index (χ1) is 18.1. The van der Waals surface area contributed by atoms with Gasteiger partial charge < -0.3 is 19.7 Å². The van der Waals surface area contributed by atoms with E-state index in [-0.39, 0.29) is 25.1 Å². The van der Waals surface area contributed by atoms with Gasteiger partial charge in [-0.1, -0.05) is 11.6 Å². The van der Waals surface area contributed by atoms with Gasteiger partial charge >= 0.3 is 18.8 Å². The van der Waals surface area contributed by atoms with Crippen molar-refractivity contribution >= 4 is 46.8 Å². The normalized spacial score (nSPS) is 13.8. The number of aryl methyl sites for hydroxylation is 1. The zero-order chi connectivity index (χ0) is 27.8. The third-order valence-electron chi connectivity index (χ3n) is 5.16. The zero-order valence-electron chi connectivity index (χ0n) is 20.1. The maximum absolute atomic E-state index is 13.3. The molecule has 1 aliphatic rings. The van der Waals surface area contributed by atoms with Crippen molar-refractivity contribution in [2.45, 2.75) is 26.5 Å². The van der Waals surface area contributed by atoms with E-state index in [0.717, 1.165) is 0 Å². The van der Waals surface area contributed by atoms with E-state index in [4.69, 9.17) is 30.7 Å². The van der Waals surface area contributed by atoms with Crippen LogP contribution in [0.4, 0.5) is 30.6 Å². The molecule has 2 aromatic carbocycles. The molecule has 0 saturated carbocycles. The molecule has 0 bridgehead atoms. The average molecular weight is 550 g/mol. The van der Waals surface area contributed by atoms with E-state index in [1.54, 1.807) is 54.3 Å². The Hall–Kier alpha value is -4.48. The predicted octanol–water partition coefficient (Wildman–Crippen LogP) is 4.30. The Morgan fingerprint density at radius 2 is 1.89 bits per heavy atom. The highest BCUT2D eigenvalue weighted by Gasteiger charge is 2.30. The molecular weight excluding hydrogens is 528 g/mol. The molecule has 2 N–H and O–H groups in total. The molecule has 0 radical (unpaired) electrons. The fourth-order valence-corrected chi connectivity index (χ4v) is 3.73. The van der Waals surface area contributed by atoms with Crippen LogP contribution in [0, 0.1) is 6.92 Å². The van der Waals surface area contributed by atoms with Crippen molar-refractivity contribution in [1.29, 1.82) is 0 Å².